The van der Waals surface area contributed by atoms with Gasteiger partial charge in [0, 0.05) is 26.9 Å². The monoisotopic (exact) mass is 317 g/mol. The van der Waals surface area contributed by atoms with Crippen LogP contribution in [0.1, 0.15) is 32.3 Å². The van der Waals surface area contributed by atoms with E-state index in [1.165, 1.54) is 6.92 Å². The third-order valence-electron chi connectivity index (χ3n) is 3.64. The molecule has 23 heavy (non-hydrogen) atoms. The van der Waals surface area contributed by atoms with E-state index in [1.54, 1.807) is 11.9 Å². The van der Waals surface area contributed by atoms with E-state index in [1.807, 2.05) is 37.3 Å². The highest BCUT2D eigenvalue weighted by Crippen LogP contribution is 2.17. The van der Waals surface area contributed by atoms with Crippen molar-refractivity contribution in [1.29, 1.82) is 0 Å². The number of carbonyl (C=O) groups is 2. The molecule has 1 unspecified atom stereocenters. The van der Waals surface area contributed by atoms with Crippen LogP contribution >= 0.6 is 0 Å². The highest BCUT2D eigenvalue weighted by Gasteiger charge is 2.38. The van der Waals surface area contributed by atoms with Crippen LogP contribution in [0.2, 0.25) is 0 Å². The first kappa shape index (κ1) is 17.0. The van der Waals surface area contributed by atoms with Gasteiger partial charge in [-0.25, -0.2) is 0 Å². The van der Waals surface area contributed by atoms with Gasteiger partial charge in [0.15, 0.2) is 0 Å². The Bertz CT molecular complexity index is 586. The summed E-state index contributed by atoms with van der Waals surface area (Å²) in [5.74, 6) is -0.116. The van der Waals surface area contributed by atoms with Crippen LogP contribution in [0.4, 0.5) is 0 Å². The van der Waals surface area contributed by atoms with Gasteiger partial charge < -0.3 is 9.64 Å². The molecule has 0 bridgehead atoms. The van der Waals surface area contributed by atoms with Crippen molar-refractivity contribution in [2.24, 2.45) is 5.10 Å². The molecule has 124 valence electrons. The van der Waals surface area contributed by atoms with Crippen molar-refractivity contribution in [1.82, 2.24) is 9.91 Å². The molecule has 1 heterocycles. The molecule has 1 aromatic carbocycles. The van der Waals surface area contributed by atoms with E-state index in [4.69, 9.17) is 4.74 Å². The maximum absolute atomic E-state index is 12.6. The van der Waals surface area contributed by atoms with E-state index in [9.17, 15) is 9.59 Å². The lowest BCUT2D eigenvalue weighted by Gasteiger charge is -2.24. The number of rotatable bonds is 6. The number of nitrogens with zero attached hydrogens (tertiary/aromatic N) is 3. The van der Waals surface area contributed by atoms with Gasteiger partial charge in [0.25, 0.3) is 12.1 Å². The summed E-state index contributed by atoms with van der Waals surface area (Å²) in [6, 6.07) is 9.95. The Kier molecular flexibility index (Phi) is 5.73. The van der Waals surface area contributed by atoms with Crippen LogP contribution in [0.3, 0.4) is 0 Å². The third-order valence-corrected chi connectivity index (χ3v) is 3.64. The van der Waals surface area contributed by atoms with Crippen LogP contribution < -0.4 is 0 Å². The fourth-order valence-corrected chi connectivity index (χ4v) is 2.33. The second-order valence-electron chi connectivity index (χ2n) is 5.57. The van der Waals surface area contributed by atoms with Gasteiger partial charge in [-0.15, -0.1) is 5.10 Å². The normalized spacial score (nSPS) is 16.7. The first-order valence-corrected chi connectivity index (χ1v) is 7.85. The average Bonchev–Trinajstić information content (AvgIpc) is 2.97. The predicted octanol–water partition coefficient (Wildman–Crippen LogP) is 2.01. The van der Waals surface area contributed by atoms with E-state index < -0.39 is 6.23 Å². The zero-order chi connectivity index (χ0) is 16.8. The van der Waals surface area contributed by atoms with Crippen molar-refractivity contribution in [3.05, 3.63) is 35.9 Å². The Balaban J connectivity index is 1.97. The second-order valence-corrected chi connectivity index (χ2v) is 5.57. The van der Waals surface area contributed by atoms with Crippen LogP contribution in [-0.2, 0) is 20.7 Å². The van der Waals surface area contributed by atoms with Crippen LogP contribution in [0, 0.1) is 0 Å². The molecule has 0 aromatic heterocycles. The van der Waals surface area contributed by atoms with Gasteiger partial charge in [0.1, 0.15) is 0 Å². The fraction of sp³-hybridized carbons (Fsp3) is 0.471. The van der Waals surface area contributed by atoms with Gasteiger partial charge in [0.05, 0.1) is 0 Å². The van der Waals surface area contributed by atoms with Crippen molar-refractivity contribution < 1.29 is 14.3 Å². The molecular weight excluding hydrogens is 294 g/mol. The summed E-state index contributed by atoms with van der Waals surface area (Å²) in [5, 5.41) is 5.24. The number of likely N-dealkylation sites (N-methyl/N-ethyl adjacent to an activating group) is 1. The molecule has 1 aliphatic rings. The van der Waals surface area contributed by atoms with Gasteiger partial charge in [-0.05, 0) is 18.4 Å². The highest BCUT2D eigenvalue weighted by molar-refractivity contribution is 5.91. The number of amides is 2. The van der Waals surface area contributed by atoms with E-state index in [0.29, 0.717) is 18.9 Å². The highest BCUT2D eigenvalue weighted by atomic mass is 16.5. The predicted molar refractivity (Wildman–Crippen MR) is 87.5 cm³/mol. The molecule has 0 saturated heterocycles. The molecule has 0 radical (unpaired) electrons. The van der Waals surface area contributed by atoms with Gasteiger partial charge in [-0.1, -0.05) is 37.3 Å². The Morgan fingerprint density at radius 1 is 1.26 bits per heavy atom. The Hall–Kier alpha value is -2.37. The number of hydrogen-bond donors (Lipinski definition) is 0. The van der Waals surface area contributed by atoms with Crippen LogP contribution in [0.5, 0.6) is 0 Å². The lowest BCUT2D eigenvalue weighted by Crippen LogP contribution is -2.46. The summed E-state index contributed by atoms with van der Waals surface area (Å²) >= 11 is 0. The molecule has 0 saturated carbocycles. The first-order valence-electron chi connectivity index (χ1n) is 7.85. The topological polar surface area (TPSA) is 62.2 Å². The molecule has 6 heteroatoms. The lowest BCUT2D eigenvalue weighted by molar-refractivity contribution is -0.153. The minimum atomic E-state index is -0.977. The SMILES string of the molecule is CCCC1=NN(C(C)=O)C(C(=O)N(C)CCc2ccccc2)O1. The van der Waals surface area contributed by atoms with Gasteiger partial charge in [-0.3, -0.25) is 9.59 Å². The number of carbonyl (C=O) groups excluding carboxylic acids is 2. The molecule has 0 N–H and O–H groups in total. The van der Waals surface area contributed by atoms with E-state index >= 15 is 0 Å². The first-order chi connectivity index (χ1) is 11.0. The standard InChI is InChI=1S/C17H23N3O3/c1-4-8-15-18-20(13(2)21)17(23-15)16(22)19(3)12-11-14-9-6-5-7-10-14/h5-7,9-10,17H,4,8,11-12H2,1-3H3. The molecule has 1 aromatic rings. The van der Waals surface area contributed by atoms with Crippen molar-refractivity contribution in [3.63, 3.8) is 0 Å². The van der Waals surface area contributed by atoms with Crippen molar-refractivity contribution in [3.8, 4) is 0 Å². The zero-order valence-corrected chi connectivity index (χ0v) is 13.9. The summed E-state index contributed by atoms with van der Waals surface area (Å²) in [5.41, 5.74) is 1.16. The molecule has 0 spiro atoms. The van der Waals surface area contributed by atoms with E-state index in [2.05, 4.69) is 5.10 Å². The molecule has 0 fully saturated rings. The van der Waals surface area contributed by atoms with Crippen molar-refractivity contribution in [2.45, 2.75) is 39.3 Å². The van der Waals surface area contributed by atoms with Gasteiger partial charge in [-0.2, -0.15) is 5.01 Å². The Labute approximate surface area is 136 Å². The van der Waals surface area contributed by atoms with Crippen molar-refractivity contribution in [2.75, 3.05) is 13.6 Å². The summed E-state index contributed by atoms with van der Waals surface area (Å²) < 4.78 is 5.57. The van der Waals surface area contributed by atoms with Crippen molar-refractivity contribution >= 4 is 17.7 Å². The molecular formula is C17H23N3O3. The average molecular weight is 317 g/mol. The second kappa shape index (κ2) is 7.76. The molecule has 1 atom stereocenters. The number of ether oxygens (including phenoxy) is 1. The van der Waals surface area contributed by atoms with Crippen LogP contribution in [0.25, 0.3) is 0 Å². The number of hydrazone groups is 1. The Morgan fingerprint density at radius 3 is 2.57 bits per heavy atom. The van der Waals surface area contributed by atoms with Gasteiger partial charge >= 0.3 is 0 Å². The smallest absolute Gasteiger partial charge is 0.287 e. The quantitative estimate of drug-likeness (QED) is 0.806. The lowest BCUT2D eigenvalue weighted by atomic mass is 10.1. The maximum atomic E-state index is 12.6. The molecule has 2 rings (SSSR count). The summed E-state index contributed by atoms with van der Waals surface area (Å²) in [7, 11) is 1.71. The van der Waals surface area contributed by atoms with Crippen LogP contribution in [-0.4, -0.2) is 47.4 Å². The third kappa shape index (κ3) is 4.31. The van der Waals surface area contributed by atoms with Crippen LogP contribution in [0.15, 0.2) is 35.4 Å². The summed E-state index contributed by atoms with van der Waals surface area (Å²) in [6.45, 7) is 3.93. The minimum Gasteiger partial charge on any atom is -0.444 e. The fourth-order valence-electron chi connectivity index (χ4n) is 2.33. The molecule has 6 nitrogen and oxygen atoms in total. The summed E-state index contributed by atoms with van der Waals surface area (Å²) in [6.07, 6.45) is 1.23. The molecule has 0 aliphatic carbocycles. The number of hydrogen-bond acceptors (Lipinski definition) is 4. The number of benzene rings is 1. The Morgan fingerprint density at radius 2 is 1.96 bits per heavy atom. The zero-order valence-electron chi connectivity index (χ0n) is 13.9. The maximum Gasteiger partial charge on any atom is 0.287 e. The van der Waals surface area contributed by atoms with E-state index in [0.717, 1.165) is 23.4 Å². The molecule has 1 aliphatic heterocycles. The van der Waals surface area contributed by atoms with E-state index in [-0.39, 0.29) is 11.8 Å². The summed E-state index contributed by atoms with van der Waals surface area (Å²) in [4.78, 5) is 25.8. The minimum absolute atomic E-state index is 0.258. The largest absolute Gasteiger partial charge is 0.444 e. The van der Waals surface area contributed by atoms with Gasteiger partial charge in [0.2, 0.25) is 11.8 Å². The molecule has 2 amide bonds.